The summed E-state index contributed by atoms with van der Waals surface area (Å²) in [4.78, 5) is 0. The first-order chi connectivity index (χ1) is 8.04. The minimum Gasteiger partial charge on any atom is -0.179 e. The van der Waals surface area contributed by atoms with Crippen LogP contribution in [0.15, 0.2) is 0 Å². The smallest absolute Gasteiger partial charge is 0.00721 e. The van der Waals surface area contributed by atoms with Crippen molar-refractivity contribution < 1.29 is 0 Å². The van der Waals surface area contributed by atoms with E-state index in [9.17, 15) is 0 Å². The van der Waals surface area contributed by atoms with E-state index in [4.69, 9.17) is 0 Å². The quantitative estimate of drug-likeness (QED) is 0.623. The van der Waals surface area contributed by atoms with Gasteiger partial charge in [-0.1, -0.05) is 47.0 Å². The third kappa shape index (κ3) is 6.18. The van der Waals surface area contributed by atoms with E-state index in [1.807, 2.05) is 0 Å². The zero-order valence-corrected chi connectivity index (χ0v) is 13.2. The van der Waals surface area contributed by atoms with Crippen LogP contribution in [0.3, 0.4) is 0 Å². The fourth-order valence-corrected chi connectivity index (χ4v) is 3.14. The van der Waals surface area contributed by atoms with Gasteiger partial charge in [0.05, 0.1) is 0 Å². The highest BCUT2D eigenvalue weighted by Gasteiger charge is 2.45. The van der Waals surface area contributed by atoms with Crippen LogP contribution in [0, 0.1) is 29.6 Å². The first-order valence-corrected chi connectivity index (χ1v) is 8.28. The topological polar surface area (TPSA) is 0 Å². The van der Waals surface area contributed by atoms with Crippen LogP contribution < -0.4 is 0 Å². The Morgan fingerprint density at radius 1 is 1.12 bits per heavy atom. The van der Waals surface area contributed by atoms with Gasteiger partial charge in [0, 0.05) is 0 Å². The molecule has 2 aliphatic carbocycles. The molecular weight excluding hydrogens is 224 g/mol. The molecule has 0 aromatic carbocycles. The highest BCUT2D eigenvalue weighted by molar-refractivity contribution is 7.80. The number of thiol groups is 1. The summed E-state index contributed by atoms with van der Waals surface area (Å²) in [5.74, 6) is 6.17. The van der Waals surface area contributed by atoms with Gasteiger partial charge in [-0.25, -0.2) is 0 Å². The SMILES string of the molecule is CC(C)CCCC(C)CS.CC1CCC2CC12. The molecule has 102 valence electrons. The minimum atomic E-state index is 0.807. The number of rotatable bonds is 5. The van der Waals surface area contributed by atoms with Crippen molar-refractivity contribution in [3.8, 4) is 0 Å². The van der Waals surface area contributed by atoms with E-state index < -0.39 is 0 Å². The van der Waals surface area contributed by atoms with Gasteiger partial charge in [-0.2, -0.15) is 12.6 Å². The van der Waals surface area contributed by atoms with E-state index in [2.05, 4.69) is 40.3 Å². The van der Waals surface area contributed by atoms with Crippen LogP contribution in [0.25, 0.3) is 0 Å². The Bertz CT molecular complexity index is 200. The number of fused-ring (bicyclic) bond motifs is 1. The molecule has 0 nitrogen and oxygen atoms in total. The molecule has 0 aliphatic heterocycles. The molecule has 2 aliphatic rings. The van der Waals surface area contributed by atoms with Crippen LogP contribution in [-0.2, 0) is 0 Å². The van der Waals surface area contributed by atoms with Crippen molar-refractivity contribution in [2.24, 2.45) is 29.6 Å². The van der Waals surface area contributed by atoms with Crippen LogP contribution in [0.1, 0.15) is 66.2 Å². The molecule has 0 radical (unpaired) electrons. The van der Waals surface area contributed by atoms with Gasteiger partial charge in [0.25, 0.3) is 0 Å². The molecule has 0 saturated heterocycles. The van der Waals surface area contributed by atoms with Crippen molar-refractivity contribution >= 4 is 12.6 Å². The minimum absolute atomic E-state index is 0.807. The molecule has 4 unspecified atom stereocenters. The van der Waals surface area contributed by atoms with Gasteiger partial charge in [0.15, 0.2) is 0 Å². The Labute approximate surface area is 114 Å². The average molecular weight is 256 g/mol. The molecule has 4 atom stereocenters. The van der Waals surface area contributed by atoms with E-state index >= 15 is 0 Å². The second-order valence-corrected chi connectivity index (χ2v) is 7.19. The lowest BCUT2D eigenvalue weighted by atomic mass is 10.0. The van der Waals surface area contributed by atoms with Gasteiger partial charge in [0.1, 0.15) is 0 Å². The lowest BCUT2D eigenvalue weighted by Gasteiger charge is -2.08. The van der Waals surface area contributed by atoms with Crippen LogP contribution >= 0.6 is 12.6 Å². The second-order valence-electron chi connectivity index (χ2n) is 6.83. The molecule has 2 fully saturated rings. The van der Waals surface area contributed by atoms with E-state index in [-0.39, 0.29) is 0 Å². The van der Waals surface area contributed by atoms with Gasteiger partial charge in [-0.05, 0) is 54.6 Å². The van der Waals surface area contributed by atoms with Crippen LogP contribution in [-0.4, -0.2) is 5.75 Å². The standard InChI is InChI=1S/C9H20S.C7H12/c1-8(2)5-4-6-9(3)7-10;1-5-2-3-6-4-7(5)6/h8-10H,4-7H2,1-3H3;5-7H,2-4H2,1H3. The van der Waals surface area contributed by atoms with E-state index in [1.165, 1.54) is 37.5 Å². The maximum absolute atomic E-state index is 4.24. The van der Waals surface area contributed by atoms with Crippen LogP contribution in [0.4, 0.5) is 0 Å². The normalized spacial score (nSPS) is 31.8. The fourth-order valence-electron chi connectivity index (χ4n) is 2.96. The Hall–Kier alpha value is 0.350. The summed E-state index contributed by atoms with van der Waals surface area (Å²) in [7, 11) is 0. The lowest BCUT2D eigenvalue weighted by molar-refractivity contribution is 0.485. The van der Waals surface area contributed by atoms with Gasteiger partial charge in [0.2, 0.25) is 0 Å². The molecule has 0 N–H and O–H groups in total. The largest absolute Gasteiger partial charge is 0.179 e. The zero-order chi connectivity index (χ0) is 12.8. The fraction of sp³-hybridized carbons (Fsp3) is 1.00. The molecular formula is C16H32S. The zero-order valence-electron chi connectivity index (χ0n) is 12.3. The third-order valence-corrected chi connectivity index (χ3v) is 5.11. The molecule has 2 saturated carbocycles. The maximum atomic E-state index is 4.24. The Morgan fingerprint density at radius 2 is 1.82 bits per heavy atom. The molecule has 2 rings (SSSR count). The first-order valence-electron chi connectivity index (χ1n) is 7.65. The van der Waals surface area contributed by atoms with Crippen molar-refractivity contribution in [2.45, 2.75) is 66.2 Å². The predicted molar refractivity (Wildman–Crippen MR) is 81.7 cm³/mol. The molecule has 17 heavy (non-hydrogen) atoms. The lowest BCUT2D eigenvalue weighted by Crippen LogP contribution is -1.97. The van der Waals surface area contributed by atoms with E-state index in [1.54, 1.807) is 12.8 Å². The van der Waals surface area contributed by atoms with E-state index in [0.29, 0.717) is 0 Å². The van der Waals surface area contributed by atoms with Crippen molar-refractivity contribution in [3.05, 3.63) is 0 Å². The number of hydrogen-bond acceptors (Lipinski definition) is 1. The van der Waals surface area contributed by atoms with Gasteiger partial charge < -0.3 is 0 Å². The third-order valence-electron chi connectivity index (χ3n) is 4.49. The van der Waals surface area contributed by atoms with Crippen molar-refractivity contribution in [1.29, 1.82) is 0 Å². The highest BCUT2D eigenvalue weighted by Crippen LogP contribution is 2.54. The highest BCUT2D eigenvalue weighted by atomic mass is 32.1. The van der Waals surface area contributed by atoms with Gasteiger partial charge in [-0.15, -0.1) is 0 Å². The number of hydrogen-bond donors (Lipinski definition) is 1. The molecule has 0 bridgehead atoms. The molecule has 0 heterocycles. The van der Waals surface area contributed by atoms with Gasteiger partial charge in [-0.3, -0.25) is 0 Å². The monoisotopic (exact) mass is 256 g/mol. The Kier molecular flexibility index (Phi) is 6.99. The molecule has 0 spiro atoms. The van der Waals surface area contributed by atoms with Crippen LogP contribution in [0.5, 0.6) is 0 Å². The maximum Gasteiger partial charge on any atom is -0.00721 e. The molecule has 0 amide bonds. The summed E-state index contributed by atoms with van der Waals surface area (Å²) in [6.45, 7) is 9.24. The van der Waals surface area contributed by atoms with Crippen molar-refractivity contribution in [1.82, 2.24) is 0 Å². The van der Waals surface area contributed by atoms with Crippen LogP contribution in [0.2, 0.25) is 0 Å². The second kappa shape index (κ2) is 7.71. The van der Waals surface area contributed by atoms with Gasteiger partial charge >= 0.3 is 0 Å². The molecule has 0 aromatic rings. The molecule has 1 heteroatoms. The Balaban J connectivity index is 0.000000177. The Morgan fingerprint density at radius 3 is 2.12 bits per heavy atom. The summed E-state index contributed by atoms with van der Waals surface area (Å²) < 4.78 is 0. The van der Waals surface area contributed by atoms with Crippen molar-refractivity contribution in [3.63, 3.8) is 0 Å². The average Bonchev–Trinajstić information content (AvgIpc) is 2.98. The van der Waals surface area contributed by atoms with E-state index in [0.717, 1.165) is 23.5 Å². The first kappa shape index (κ1) is 15.4. The van der Waals surface area contributed by atoms with Crippen molar-refractivity contribution in [2.75, 3.05) is 5.75 Å². The summed E-state index contributed by atoms with van der Waals surface area (Å²) in [5.41, 5.74) is 0. The summed E-state index contributed by atoms with van der Waals surface area (Å²) >= 11 is 4.24. The summed E-state index contributed by atoms with van der Waals surface area (Å²) in [5, 5.41) is 0. The summed E-state index contributed by atoms with van der Waals surface area (Å²) in [6, 6.07) is 0. The molecule has 0 aromatic heterocycles. The summed E-state index contributed by atoms with van der Waals surface area (Å²) in [6.07, 6.45) is 8.74. The predicted octanol–water partition coefficient (Wildman–Crippen LogP) is 5.43.